The zero-order valence-corrected chi connectivity index (χ0v) is 15.7. The van der Waals surface area contributed by atoms with E-state index < -0.39 is 17.1 Å². The largest absolute Gasteiger partial charge is 0.454 e. The van der Waals surface area contributed by atoms with Gasteiger partial charge in [-0.2, -0.15) is 5.26 Å². The average Bonchev–Trinajstić information content (AvgIpc) is 3.30. The van der Waals surface area contributed by atoms with Crippen molar-refractivity contribution in [1.29, 1.82) is 5.26 Å². The molecule has 148 valence electrons. The molecule has 1 unspecified atom stereocenters. The molecule has 2 aromatic rings. The van der Waals surface area contributed by atoms with E-state index in [1.807, 2.05) is 17.0 Å². The molecule has 7 nitrogen and oxygen atoms in total. The number of hydrogen-bond donors (Lipinski definition) is 2. The molecule has 3 N–H and O–H groups in total. The van der Waals surface area contributed by atoms with Gasteiger partial charge in [0.25, 0.3) is 0 Å². The van der Waals surface area contributed by atoms with Gasteiger partial charge in [-0.05, 0) is 48.4 Å². The fourth-order valence-electron chi connectivity index (χ4n) is 4.78. The van der Waals surface area contributed by atoms with Gasteiger partial charge in [0.1, 0.15) is 23.1 Å². The summed E-state index contributed by atoms with van der Waals surface area (Å²) in [5.74, 6) is 0.573. The van der Waals surface area contributed by atoms with Crippen LogP contribution in [0.4, 0.5) is 10.1 Å². The van der Waals surface area contributed by atoms with E-state index in [-0.39, 0.29) is 18.2 Å². The van der Waals surface area contributed by atoms with E-state index in [2.05, 4.69) is 11.4 Å². The summed E-state index contributed by atoms with van der Waals surface area (Å²) in [6.45, 7) is 0.698. The summed E-state index contributed by atoms with van der Waals surface area (Å²) >= 11 is 0. The Hall–Kier alpha value is -3.99. The van der Waals surface area contributed by atoms with E-state index in [9.17, 15) is 14.4 Å². The van der Waals surface area contributed by atoms with Crippen LogP contribution in [0.3, 0.4) is 0 Å². The monoisotopic (exact) mass is 402 g/mol. The van der Waals surface area contributed by atoms with Crippen molar-refractivity contribution < 1.29 is 18.7 Å². The van der Waals surface area contributed by atoms with Crippen molar-refractivity contribution in [3.05, 3.63) is 70.3 Å². The first kappa shape index (κ1) is 16.9. The van der Waals surface area contributed by atoms with E-state index >= 15 is 0 Å². The standard InChI is InChI=1S/C22H15FN4O3/c23-12-1-2-16-14(6-12)22(21(28)26-16)8-17-13-7-19-18(29-10-30-19)5-11(13)3-4-27(17)20(25)15(22)9-24/h1-2,5-8H,3-4,10,25H2,(H,26,28). The van der Waals surface area contributed by atoms with Gasteiger partial charge >= 0.3 is 0 Å². The fourth-order valence-corrected chi connectivity index (χ4v) is 4.78. The second kappa shape index (κ2) is 5.54. The van der Waals surface area contributed by atoms with Crippen molar-refractivity contribution in [2.75, 3.05) is 18.7 Å². The molecule has 30 heavy (non-hydrogen) atoms. The van der Waals surface area contributed by atoms with Crippen LogP contribution in [-0.4, -0.2) is 24.1 Å². The number of nitriles is 1. The molecule has 0 saturated carbocycles. The molecule has 1 spiro atoms. The van der Waals surface area contributed by atoms with Crippen LogP contribution >= 0.6 is 0 Å². The maximum absolute atomic E-state index is 14.1. The highest BCUT2D eigenvalue weighted by atomic mass is 19.1. The predicted molar refractivity (Wildman–Crippen MR) is 104 cm³/mol. The van der Waals surface area contributed by atoms with Crippen molar-refractivity contribution in [1.82, 2.24) is 4.90 Å². The Kier molecular flexibility index (Phi) is 3.12. The van der Waals surface area contributed by atoms with Crippen LogP contribution < -0.4 is 20.5 Å². The number of ether oxygens (including phenoxy) is 2. The van der Waals surface area contributed by atoms with Gasteiger partial charge < -0.3 is 25.4 Å². The van der Waals surface area contributed by atoms with Crippen LogP contribution in [0.15, 0.2) is 47.8 Å². The second-order valence-corrected chi connectivity index (χ2v) is 7.62. The highest BCUT2D eigenvalue weighted by molar-refractivity contribution is 6.12. The Bertz CT molecular complexity index is 1280. The molecule has 4 aliphatic heterocycles. The first-order valence-electron chi connectivity index (χ1n) is 9.48. The topological polar surface area (TPSA) is 101 Å². The van der Waals surface area contributed by atoms with E-state index in [0.717, 1.165) is 11.1 Å². The normalized spacial score (nSPS) is 22.9. The number of benzene rings is 2. The van der Waals surface area contributed by atoms with Gasteiger partial charge in [0.2, 0.25) is 12.7 Å². The van der Waals surface area contributed by atoms with Crippen molar-refractivity contribution in [2.24, 2.45) is 5.73 Å². The molecule has 0 bridgehead atoms. The number of rotatable bonds is 0. The Labute approximate surface area is 170 Å². The van der Waals surface area contributed by atoms with Crippen molar-refractivity contribution >= 4 is 17.3 Å². The third-order valence-corrected chi connectivity index (χ3v) is 6.19. The molecule has 0 aliphatic carbocycles. The molecule has 4 aliphatic rings. The molecule has 0 radical (unpaired) electrons. The van der Waals surface area contributed by atoms with E-state index in [0.29, 0.717) is 41.4 Å². The molecular formula is C22H15FN4O3. The third-order valence-electron chi connectivity index (χ3n) is 6.19. The number of anilines is 1. The number of carbonyl (C=O) groups excluding carboxylic acids is 1. The predicted octanol–water partition coefficient (Wildman–Crippen LogP) is 2.35. The number of hydrogen-bond acceptors (Lipinski definition) is 6. The molecule has 0 aromatic heterocycles. The molecule has 2 aromatic carbocycles. The summed E-state index contributed by atoms with van der Waals surface area (Å²) in [6.07, 6.45) is 2.41. The summed E-state index contributed by atoms with van der Waals surface area (Å²) in [5, 5.41) is 12.7. The van der Waals surface area contributed by atoms with E-state index in [1.165, 1.54) is 18.2 Å². The zero-order valence-electron chi connectivity index (χ0n) is 15.7. The molecule has 0 fully saturated rings. The molecule has 0 saturated heterocycles. The van der Waals surface area contributed by atoms with Crippen LogP contribution in [0.1, 0.15) is 16.7 Å². The summed E-state index contributed by atoms with van der Waals surface area (Å²) < 4.78 is 25.2. The summed E-state index contributed by atoms with van der Waals surface area (Å²) in [6, 6.07) is 9.98. The van der Waals surface area contributed by atoms with Gasteiger partial charge in [-0.25, -0.2) is 4.39 Å². The summed E-state index contributed by atoms with van der Waals surface area (Å²) in [4.78, 5) is 15.1. The van der Waals surface area contributed by atoms with Gasteiger partial charge in [0, 0.05) is 29.1 Å². The fraction of sp³-hybridized carbons (Fsp3) is 0.182. The Morgan fingerprint density at radius 3 is 2.83 bits per heavy atom. The first-order valence-corrected chi connectivity index (χ1v) is 9.48. The highest BCUT2D eigenvalue weighted by Crippen LogP contribution is 2.51. The molecule has 6 rings (SSSR count). The Balaban J connectivity index is 1.65. The quantitative estimate of drug-likeness (QED) is 0.702. The number of amides is 1. The number of nitrogens with zero attached hydrogens (tertiary/aromatic N) is 2. The minimum atomic E-state index is -1.49. The molecular weight excluding hydrogens is 387 g/mol. The van der Waals surface area contributed by atoms with Crippen LogP contribution in [0.5, 0.6) is 11.5 Å². The van der Waals surface area contributed by atoms with Crippen LogP contribution in [-0.2, 0) is 16.6 Å². The third kappa shape index (κ3) is 1.94. The molecule has 1 amide bonds. The maximum Gasteiger partial charge on any atom is 0.244 e. The number of carbonyl (C=O) groups is 1. The minimum Gasteiger partial charge on any atom is -0.454 e. The van der Waals surface area contributed by atoms with Crippen LogP contribution in [0.25, 0.3) is 5.70 Å². The lowest BCUT2D eigenvalue weighted by atomic mass is 9.71. The van der Waals surface area contributed by atoms with Gasteiger partial charge in [-0.15, -0.1) is 0 Å². The first-order chi connectivity index (χ1) is 14.5. The number of halogens is 1. The van der Waals surface area contributed by atoms with Gasteiger partial charge in [-0.1, -0.05) is 0 Å². The lowest BCUT2D eigenvalue weighted by Crippen LogP contribution is -2.45. The Morgan fingerprint density at radius 1 is 1.23 bits per heavy atom. The Morgan fingerprint density at radius 2 is 2.03 bits per heavy atom. The van der Waals surface area contributed by atoms with Crippen molar-refractivity contribution in [2.45, 2.75) is 11.8 Å². The van der Waals surface area contributed by atoms with Crippen LogP contribution in [0, 0.1) is 17.1 Å². The number of fused-ring (bicyclic) bond motifs is 6. The van der Waals surface area contributed by atoms with Gasteiger partial charge in [0.05, 0.1) is 5.57 Å². The van der Waals surface area contributed by atoms with Crippen molar-refractivity contribution in [3.8, 4) is 17.6 Å². The van der Waals surface area contributed by atoms with Crippen molar-refractivity contribution in [3.63, 3.8) is 0 Å². The average molecular weight is 402 g/mol. The van der Waals surface area contributed by atoms with E-state index in [1.54, 1.807) is 6.08 Å². The number of nitrogens with two attached hydrogens (primary N) is 1. The summed E-state index contributed by atoms with van der Waals surface area (Å²) in [7, 11) is 0. The van der Waals surface area contributed by atoms with Gasteiger partial charge in [-0.3, -0.25) is 4.79 Å². The van der Waals surface area contributed by atoms with Crippen LogP contribution in [0.2, 0.25) is 0 Å². The second-order valence-electron chi connectivity index (χ2n) is 7.62. The van der Waals surface area contributed by atoms with E-state index in [4.69, 9.17) is 15.2 Å². The highest BCUT2D eigenvalue weighted by Gasteiger charge is 2.53. The molecule has 1 atom stereocenters. The smallest absolute Gasteiger partial charge is 0.244 e. The van der Waals surface area contributed by atoms with Gasteiger partial charge in [0.15, 0.2) is 11.5 Å². The zero-order chi connectivity index (χ0) is 20.6. The molecule has 4 heterocycles. The summed E-state index contributed by atoms with van der Waals surface area (Å²) in [5.41, 5.74) is 8.46. The SMILES string of the molecule is N#CC1=C(N)N2CCc3cc4c(cc3C2=CC12C(=O)Nc1ccc(F)cc12)OCO4. The number of nitrogens with one attached hydrogen (secondary N) is 1. The maximum atomic E-state index is 14.1. The lowest BCUT2D eigenvalue weighted by Gasteiger charge is -2.41. The lowest BCUT2D eigenvalue weighted by molar-refractivity contribution is -0.118. The molecule has 8 heteroatoms. The minimum absolute atomic E-state index is 0.0947.